The van der Waals surface area contributed by atoms with Crippen molar-refractivity contribution in [2.45, 2.75) is 43.4 Å². The van der Waals surface area contributed by atoms with E-state index in [4.69, 9.17) is 4.74 Å². The summed E-state index contributed by atoms with van der Waals surface area (Å²) in [4.78, 5) is 14.3. The van der Waals surface area contributed by atoms with Crippen LogP contribution in [0.5, 0.6) is 0 Å². The number of rotatable bonds is 6. The van der Waals surface area contributed by atoms with Gasteiger partial charge < -0.3 is 9.64 Å². The van der Waals surface area contributed by atoms with Crippen LogP contribution in [-0.4, -0.2) is 63.4 Å². The Morgan fingerprint density at radius 2 is 1.77 bits per heavy atom. The first kappa shape index (κ1) is 19.3. The number of amides is 1. The van der Waals surface area contributed by atoms with Gasteiger partial charge in [0.25, 0.3) is 0 Å². The van der Waals surface area contributed by atoms with Gasteiger partial charge in [-0.05, 0) is 55.4 Å². The zero-order valence-electron chi connectivity index (χ0n) is 15.4. The number of benzene rings is 1. The van der Waals surface area contributed by atoms with Gasteiger partial charge in [-0.1, -0.05) is 6.07 Å². The van der Waals surface area contributed by atoms with Gasteiger partial charge in [0.1, 0.15) is 0 Å². The first-order valence-corrected chi connectivity index (χ1v) is 10.8. The SMILES string of the molecule is COCCCC(=O)N1CCN(S(=O)(=O)c2ccc3c(c2)CCCC3)CC1. The molecule has 7 heteroatoms. The number of ether oxygens (including phenoxy) is 1. The minimum Gasteiger partial charge on any atom is -0.385 e. The Balaban J connectivity index is 1.62. The lowest BCUT2D eigenvalue weighted by Crippen LogP contribution is -2.50. The van der Waals surface area contributed by atoms with E-state index in [0.717, 1.165) is 19.3 Å². The molecule has 1 aromatic rings. The summed E-state index contributed by atoms with van der Waals surface area (Å²) >= 11 is 0. The molecule has 3 rings (SSSR count). The number of fused-ring (bicyclic) bond motifs is 1. The van der Waals surface area contributed by atoms with Crippen molar-refractivity contribution in [3.63, 3.8) is 0 Å². The molecule has 1 aliphatic carbocycles. The molecule has 0 saturated carbocycles. The van der Waals surface area contributed by atoms with Crippen LogP contribution in [0.25, 0.3) is 0 Å². The van der Waals surface area contributed by atoms with E-state index < -0.39 is 10.0 Å². The van der Waals surface area contributed by atoms with Gasteiger partial charge in [-0.25, -0.2) is 8.42 Å². The van der Waals surface area contributed by atoms with Crippen LogP contribution in [0.2, 0.25) is 0 Å². The average Bonchev–Trinajstić information content (AvgIpc) is 2.67. The maximum Gasteiger partial charge on any atom is 0.243 e. The topological polar surface area (TPSA) is 66.9 Å². The molecule has 6 nitrogen and oxygen atoms in total. The number of sulfonamides is 1. The van der Waals surface area contributed by atoms with Crippen molar-refractivity contribution >= 4 is 15.9 Å². The predicted molar refractivity (Wildman–Crippen MR) is 99.5 cm³/mol. The Bertz CT molecular complexity index is 740. The molecule has 1 heterocycles. The van der Waals surface area contributed by atoms with Gasteiger partial charge in [0.15, 0.2) is 0 Å². The van der Waals surface area contributed by atoms with E-state index in [9.17, 15) is 13.2 Å². The van der Waals surface area contributed by atoms with E-state index in [1.165, 1.54) is 21.9 Å². The predicted octanol–water partition coefficient (Wildman–Crippen LogP) is 1.82. The number of nitrogens with zero attached hydrogens (tertiary/aromatic N) is 2. The molecule has 0 aromatic heterocycles. The van der Waals surface area contributed by atoms with Crippen molar-refractivity contribution in [2.24, 2.45) is 0 Å². The zero-order chi connectivity index (χ0) is 18.6. The molecule has 0 unspecified atom stereocenters. The summed E-state index contributed by atoms with van der Waals surface area (Å²) in [6.07, 6.45) is 5.45. The number of hydrogen-bond donors (Lipinski definition) is 0. The molecular formula is C19H28N2O4S. The number of aryl methyl sites for hydroxylation is 2. The summed E-state index contributed by atoms with van der Waals surface area (Å²) in [6.45, 7) is 2.19. The van der Waals surface area contributed by atoms with Crippen molar-refractivity contribution in [3.05, 3.63) is 29.3 Å². The highest BCUT2D eigenvalue weighted by molar-refractivity contribution is 7.89. The van der Waals surface area contributed by atoms with E-state index in [0.29, 0.717) is 50.5 Å². The molecule has 0 N–H and O–H groups in total. The third-order valence-corrected chi connectivity index (χ3v) is 7.18. The molecule has 144 valence electrons. The smallest absolute Gasteiger partial charge is 0.243 e. The highest BCUT2D eigenvalue weighted by Crippen LogP contribution is 2.26. The van der Waals surface area contributed by atoms with Gasteiger partial charge in [-0.3, -0.25) is 4.79 Å². The van der Waals surface area contributed by atoms with Crippen molar-refractivity contribution in [2.75, 3.05) is 39.9 Å². The molecule has 0 bridgehead atoms. The highest BCUT2D eigenvalue weighted by atomic mass is 32.2. The molecule has 0 atom stereocenters. The number of piperazine rings is 1. The van der Waals surface area contributed by atoms with Crippen LogP contribution in [0.15, 0.2) is 23.1 Å². The summed E-state index contributed by atoms with van der Waals surface area (Å²) in [5.74, 6) is 0.0767. The number of carbonyl (C=O) groups is 1. The maximum absolute atomic E-state index is 13.0. The standard InChI is InChI=1S/C19H28N2O4S/c1-25-14-4-7-19(22)20-10-12-21(13-11-20)26(23,24)18-9-8-16-5-2-3-6-17(16)15-18/h8-9,15H,2-7,10-14H2,1H3. The first-order valence-electron chi connectivity index (χ1n) is 9.41. The van der Waals surface area contributed by atoms with Crippen molar-refractivity contribution in [1.82, 2.24) is 9.21 Å². The van der Waals surface area contributed by atoms with Gasteiger partial charge in [0.05, 0.1) is 4.90 Å². The fraction of sp³-hybridized carbons (Fsp3) is 0.632. The lowest BCUT2D eigenvalue weighted by molar-refractivity contribution is -0.132. The first-order chi connectivity index (χ1) is 12.5. The fourth-order valence-corrected chi connectivity index (χ4v) is 5.20. The minimum atomic E-state index is -3.49. The van der Waals surface area contributed by atoms with E-state index in [1.54, 1.807) is 18.1 Å². The molecule has 2 aliphatic rings. The number of hydrogen-bond acceptors (Lipinski definition) is 4. The van der Waals surface area contributed by atoms with Crippen LogP contribution in [0, 0.1) is 0 Å². The van der Waals surface area contributed by atoms with Gasteiger partial charge in [0, 0.05) is 46.3 Å². The summed E-state index contributed by atoms with van der Waals surface area (Å²) < 4.78 is 32.4. The summed E-state index contributed by atoms with van der Waals surface area (Å²) in [5, 5.41) is 0. The molecular weight excluding hydrogens is 352 g/mol. The Labute approximate surface area is 156 Å². The minimum absolute atomic E-state index is 0.0767. The van der Waals surface area contributed by atoms with Crippen molar-refractivity contribution in [1.29, 1.82) is 0 Å². The highest BCUT2D eigenvalue weighted by Gasteiger charge is 2.30. The van der Waals surface area contributed by atoms with Crippen LogP contribution in [0.4, 0.5) is 0 Å². The number of carbonyl (C=O) groups excluding carboxylic acids is 1. The zero-order valence-corrected chi connectivity index (χ0v) is 16.3. The number of methoxy groups -OCH3 is 1. The van der Waals surface area contributed by atoms with Crippen LogP contribution < -0.4 is 0 Å². The molecule has 1 saturated heterocycles. The summed E-state index contributed by atoms with van der Waals surface area (Å²) in [7, 11) is -1.87. The molecule has 26 heavy (non-hydrogen) atoms. The Kier molecular flexibility index (Phi) is 6.32. The second kappa shape index (κ2) is 8.50. The van der Waals surface area contributed by atoms with E-state index in [-0.39, 0.29) is 5.91 Å². The maximum atomic E-state index is 13.0. The quantitative estimate of drug-likeness (QED) is 0.706. The second-order valence-corrected chi connectivity index (χ2v) is 8.96. The third-order valence-electron chi connectivity index (χ3n) is 5.29. The molecule has 0 radical (unpaired) electrons. The lowest BCUT2D eigenvalue weighted by atomic mass is 9.92. The van der Waals surface area contributed by atoms with E-state index in [1.807, 2.05) is 12.1 Å². The largest absolute Gasteiger partial charge is 0.385 e. The summed E-state index contributed by atoms with van der Waals surface area (Å²) in [5.41, 5.74) is 2.45. The Morgan fingerprint density at radius 1 is 1.08 bits per heavy atom. The summed E-state index contributed by atoms with van der Waals surface area (Å²) in [6, 6.07) is 5.56. The Hall–Kier alpha value is -1.44. The Morgan fingerprint density at radius 3 is 2.46 bits per heavy atom. The van der Waals surface area contributed by atoms with Gasteiger partial charge in [-0.15, -0.1) is 0 Å². The van der Waals surface area contributed by atoms with Gasteiger partial charge >= 0.3 is 0 Å². The van der Waals surface area contributed by atoms with Crippen LogP contribution in [0.1, 0.15) is 36.8 Å². The lowest BCUT2D eigenvalue weighted by Gasteiger charge is -2.34. The monoisotopic (exact) mass is 380 g/mol. The van der Waals surface area contributed by atoms with Crippen LogP contribution in [-0.2, 0) is 32.4 Å². The molecule has 1 aliphatic heterocycles. The van der Waals surface area contributed by atoms with Crippen molar-refractivity contribution in [3.8, 4) is 0 Å². The fourth-order valence-electron chi connectivity index (χ4n) is 3.72. The normalized spacial score (nSPS) is 18.6. The van der Waals surface area contributed by atoms with Gasteiger partial charge in [0.2, 0.25) is 15.9 Å². The molecule has 0 spiro atoms. The molecule has 1 aromatic carbocycles. The van der Waals surface area contributed by atoms with Gasteiger partial charge in [-0.2, -0.15) is 4.31 Å². The van der Waals surface area contributed by atoms with E-state index >= 15 is 0 Å². The molecule has 1 amide bonds. The van der Waals surface area contributed by atoms with Crippen LogP contribution >= 0.6 is 0 Å². The van der Waals surface area contributed by atoms with E-state index in [2.05, 4.69) is 0 Å². The second-order valence-electron chi connectivity index (χ2n) is 7.02. The molecule has 1 fully saturated rings. The average molecular weight is 381 g/mol. The van der Waals surface area contributed by atoms with Crippen molar-refractivity contribution < 1.29 is 17.9 Å². The van der Waals surface area contributed by atoms with Crippen LogP contribution in [0.3, 0.4) is 0 Å². The third kappa shape index (κ3) is 4.27.